The predicted molar refractivity (Wildman–Crippen MR) is 133 cm³/mol. The van der Waals surface area contributed by atoms with Crippen LogP contribution in [0.25, 0.3) is 0 Å². The summed E-state index contributed by atoms with van der Waals surface area (Å²) in [6.07, 6.45) is 7.51. The molecule has 182 valence electrons. The first-order valence-corrected chi connectivity index (χ1v) is 11.0. The average molecular weight is 451 g/mol. The van der Waals surface area contributed by atoms with E-state index in [0.29, 0.717) is 43.9 Å². The number of esters is 1. The summed E-state index contributed by atoms with van der Waals surface area (Å²) in [5.74, 6) is 0.412. The van der Waals surface area contributed by atoms with E-state index in [9.17, 15) is 4.79 Å². The van der Waals surface area contributed by atoms with Crippen LogP contribution in [0.15, 0.2) is 38.6 Å². The van der Waals surface area contributed by atoms with Gasteiger partial charge in [0, 0.05) is 37.6 Å². The maximum Gasteiger partial charge on any atom is 0.305 e. The lowest BCUT2D eigenvalue weighted by Crippen LogP contribution is -2.32. The van der Waals surface area contributed by atoms with Gasteiger partial charge in [-0.3, -0.25) is 9.79 Å². The third kappa shape index (κ3) is 14.5. The van der Waals surface area contributed by atoms with E-state index >= 15 is 0 Å². The molecule has 5 N–H and O–H groups in total. The second kappa shape index (κ2) is 17.1. The molecule has 0 saturated carbocycles. The van der Waals surface area contributed by atoms with Crippen molar-refractivity contribution in [2.24, 2.45) is 26.4 Å². The highest BCUT2D eigenvalue weighted by molar-refractivity contribution is 5.97. The molecule has 0 fully saturated rings. The Labute approximate surface area is 193 Å². The van der Waals surface area contributed by atoms with Gasteiger partial charge in [0.05, 0.1) is 12.2 Å². The minimum atomic E-state index is -0.267. The van der Waals surface area contributed by atoms with E-state index in [1.807, 2.05) is 7.05 Å². The van der Waals surface area contributed by atoms with Crippen LogP contribution in [-0.4, -0.2) is 63.7 Å². The zero-order chi connectivity index (χ0) is 24.4. The first kappa shape index (κ1) is 29.5. The van der Waals surface area contributed by atoms with Crippen LogP contribution in [0.3, 0.4) is 0 Å². The SMILES string of the molecule is C=NC(=C\C(CCCCC(=O)OCC)=NCCC(C)(CCNC)OC)/N=C(N)\C=C(\C)N. The molecule has 0 bridgehead atoms. The number of ether oxygens (including phenoxy) is 2. The average Bonchev–Trinajstić information content (AvgIpc) is 2.74. The Morgan fingerprint density at radius 2 is 1.88 bits per heavy atom. The number of amidine groups is 1. The lowest BCUT2D eigenvalue weighted by Gasteiger charge is -2.27. The van der Waals surface area contributed by atoms with Crippen molar-refractivity contribution in [3.05, 3.63) is 23.7 Å². The molecule has 0 aromatic carbocycles. The smallest absolute Gasteiger partial charge is 0.305 e. The molecule has 0 aliphatic rings. The van der Waals surface area contributed by atoms with Crippen molar-refractivity contribution < 1.29 is 14.3 Å². The van der Waals surface area contributed by atoms with Gasteiger partial charge >= 0.3 is 5.97 Å². The van der Waals surface area contributed by atoms with Gasteiger partial charge in [0.15, 0.2) is 5.82 Å². The van der Waals surface area contributed by atoms with Gasteiger partial charge in [-0.15, -0.1) is 0 Å². The van der Waals surface area contributed by atoms with Crippen LogP contribution in [0.1, 0.15) is 59.3 Å². The molecule has 32 heavy (non-hydrogen) atoms. The summed E-state index contributed by atoms with van der Waals surface area (Å²) < 4.78 is 10.7. The number of carbonyl (C=O) groups is 1. The second-order valence-electron chi connectivity index (χ2n) is 7.73. The van der Waals surface area contributed by atoms with Crippen LogP contribution in [0.4, 0.5) is 0 Å². The number of rotatable bonds is 17. The molecule has 1 unspecified atom stereocenters. The Kier molecular flexibility index (Phi) is 15.7. The second-order valence-corrected chi connectivity index (χ2v) is 7.73. The van der Waals surface area contributed by atoms with Crippen LogP contribution < -0.4 is 16.8 Å². The van der Waals surface area contributed by atoms with Crippen LogP contribution >= 0.6 is 0 Å². The highest BCUT2D eigenvalue weighted by Gasteiger charge is 2.22. The maximum atomic E-state index is 11.6. The third-order valence-corrected chi connectivity index (χ3v) is 4.80. The van der Waals surface area contributed by atoms with Crippen molar-refractivity contribution in [2.75, 3.05) is 33.9 Å². The number of hydrogen-bond acceptors (Lipinski definition) is 8. The number of allylic oxidation sites excluding steroid dienone is 2. The molecule has 9 heteroatoms. The monoisotopic (exact) mass is 450 g/mol. The first-order valence-electron chi connectivity index (χ1n) is 11.0. The molecule has 0 amide bonds. The van der Waals surface area contributed by atoms with Crippen molar-refractivity contribution in [3.8, 4) is 0 Å². The summed E-state index contributed by atoms with van der Waals surface area (Å²) in [4.78, 5) is 24.5. The molecule has 0 spiro atoms. The largest absolute Gasteiger partial charge is 0.466 e. The van der Waals surface area contributed by atoms with Gasteiger partial charge in [0.25, 0.3) is 0 Å². The van der Waals surface area contributed by atoms with E-state index in [2.05, 4.69) is 28.9 Å². The van der Waals surface area contributed by atoms with Crippen molar-refractivity contribution in [1.29, 1.82) is 0 Å². The Morgan fingerprint density at radius 1 is 1.19 bits per heavy atom. The lowest BCUT2D eigenvalue weighted by molar-refractivity contribution is -0.143. The topological polar surface area (TPSA) is 137 Å². The van der Waals surface area contributed by atoms with Crippen molar-refractivity contribution in [3.63, 3.8) is 0 Å². The molecule has 0 aliphatic heterocycles. The highest BCUT2D eigenvalue weighted by Crippen LogP contribution is 2.19. The van der Waals surface area contributed by atoms with E-state index in [4.69, 9.17) is 25.9 Å². The molecule has 0 radical (unpaired) electrons. The number of unbranched alkanes of at least 4 members (excludes halogenated alkanes) is 1. The Balaban J connectivity index is 5.39. The predicted octanol–water partition coefficient (Wildman–Crippen LogP) is 2.72. The third-order valence-electron chi connectivity index (χ3n) is 4.80. The summed E-state index contributed by atoms with van der Waals surface area (Å²) in [5, 5.41) is 3.15. The van der Waals surface area contributed by atoms with Gasteiger partial charge in [-0.2, -0.15) is 0 Å². The van der Waals surface area contributed by atoms with Gasteiger partial charge in [-0.25, -0.2) is 9.98 Å². The van der Waals surface area contributed by atoms with E-state index < -0.39 is 0 Å². The molecule has 9 nitrogen and oxygen atoms in total. The molecule has 0 heterocycles. The summed E-state index contributed by atoms with van der Waals surface area (Å²) in [5.41, 5.74) is 12.6. The Morgan fingerprint density at radius 3 is 2.44 bits per heavy atom. The molecular formula is C23H42N6O3. The highest BCUT2D eigenvalue weighted by atomic mass is 16.5. The van der Waals surface area contributed by atoms with Gasteiger partial charge in [0.2, 0.25) is 0 Å². The maximum absolute atomic E-state index is 11.6. The zero-order valence-electron chi connectivity index (χ0n) is 20.4. The molecule has 0 saturated heterocycles. The van der Waals surface area contributed by atoms with E-state index in [-0.39, 0.29) is 17.4 Å². The van der Waals surface area contributed by atoms with Crippen LogP contribution in [0.2, 0.25) is 0 Å². The Hall–Kier alpha value is -2.52. The fourth-order valence-electron chi connectivity index (χ4n) is 2.82. The van der Waals surface area contributed by atoms with Gasteiger partial charge in [-0.1, -0.05) is 0 Å². The number of carbonyl (C=O) groups excluding carboxylic acids is 1. The summed E-state index contributed by atoms with van der Waals surface area (Å²) >= 11 is 0. The molecule has 1 atom stereocenters. The lowest BCUT2D eigenvalue weighted by atomic mass is 9.97. The van der Waals surface area contributed by atoms with E-state index in [1.54, 1.807) is 33.1 Å². The minimum absolute atomic E-state index is 0.184. The van der Waals surface area contributed by atoms with Crippen molar-refractivity contribution >= 4 is 24.2 Å². The van der Waals surface area contributed by atoms with Crippen LogP contribution in [0.5, 0.6) is 0 Å². The number of nitrogens with two attached hydrogens (primary N) is 2. The number of nitrogens with one attached hydrogen (secondary N) is 1. The standard InChI is InChI=1S/C23H42N6O3/c1-7-32-22(30)11-9-8-10-19(17-21(27-5)29-20(25)16-18(2)24)28-15-13-23(3,31-6)12-14-26-4/h16-17,26H,5,7-15,24H2,1-4,6H3,(H2,25,29)/b18-16-,21-17+,28-19?. The quantitative estimate of drug-likeness (QED) is 0.135. The molecule has 0 rings (SSSR count). The van der Waals surface area contributed by atoms with Gasteiger partial charge in [0.1, 0.15) is 5.84 Å². The van der Waals surface area contributed by atoms with Gasteiger partial charge in [-0.05, 0) is 79.3 Å². The summed E-state index contributed by atoms with van der Waals surface area (Å²) in [7, 11) is 3.64. The molecular weight excluding hydrogens is 408 g/mol. The normalized spacial score (nSPS) is 15.4. The van der Waals surface area contributed by atoms with Crippen LogP contribution in [-0.2, 0) is 14.3 Å². The zero-order valence-corrected chi connectivity index (χ0v) is 20.4. The number of nitrogens with zero attached hydrogens (tertiary/aromatic N) is 3. The molecule has 0 aromatic heterocycles. The Bertz CT molecular complexity index is 696. The summed E-state index contributed by atoms with van der Waals surface area (Å²) in [6.45, 7) is 11.0. The van der Waals surface area contributed by atoms with Crippen molar-refractivity contribution in [1.82, 2.24) is 5.32 Å². The first-order chi connectivity index (χ1) is 15.2. The minimum Gasteiger partial charge on any atom is -0.466 e. The number of methoxy groups -OCH3 is 1. The number of hydrogen-bond donors (Lipinski definition) is 3. The van der Waals surface area contributed by atoms with E-state index in [0.717, 1.165) is 31.5 Å². The summed E-state index contributed by atoms with van der Waals surface area (Å²) in [6, 6.07) is 0. The van der Waals surface area contributed by atoms with Gasteiger partial charge < -0.3 is 26.3 Å². The number of aliphatic imine (C=N–C) groups is 3. The molecule has 0 aliphatic carbocycles. The van der Waals surface area contributed by atoms with Crippen LogP contribution in [0, 0.1) is 0 Å². The molecule has 0 aromatic rings. The fourth-order valence-corrected chi connectivity index (χ4v) is 2.82. The van der Waals surface area contributed by atoms with E-state index in [1.165, 1.54) is 0 Å². The fraction of sp³-hybridized carbons (Fsp3) is 0.652. The van der Waals surface area contributed by atoms with Crippen molar-refractivity contribution in [2.45, 2.75) is 64.9 Å².